The highest BCUT2D eigenvalue weighted by molar-refractivity contribution is 6.72. The monoisotopic (exact) mass is 612 g/mol. The molecule has 0 spiro atoms. The van der Waals surface area contributed by atoms with E-state index in [0.717, 1.165) is 0 Å². The van der Waals surface area contributed by atoms with Gasteiger partial charge in [-0.2, -0.15) is 0 Å². The van der Waals surface area contributed by atoms with E-state index in [0.29, 0.717) is 0 Å². The minimum Gasteiger partial charge on any atom is -0.409 e. The van der Waals surface area contributed by atoms with Crippen molar-refractivity contribution in [2.45, 2.75) is 154 Å². The SMILES string of the molecule is C[Si](C)(C)OC1C(O[Si](C)(C)C)C(O[Si](C)(C)C)C(O[Si](C)(C)C)C(O[Si](C)(C)C)C1O[Si](C)(C)C. The van der Waals surface area contributed by atoms with E-state index >= 15 is 0 Å². The van der Waals surface area contributed by atoms with E-state index in [9.17, 15) is 0 Å². The molecule has 0 unspecified atom stereocenters. The van der Waals surface area contributed by atoms with Gasteiger partial charge in [-0.25, -0.2) is 0 Å². The van der Waals surface area contributed by atoms with E-state index < -0.39 is 49.9 Å². The summed E-state index contributed by atoms with van der Waals surface area (Å²) in [5.74, 6) is 0. The molecule has 1 saturated carbocycles. The van der Waals surface area contributed by atoms with Crippen LogP contribution in [0.3, 0.4) is 0 Å². The lowest BCUT2D eigenvalue weighted by Gasteiger charge is -2.56. The molecule has 1 rings (SSSR count). The van der Waals surface area contributed by atoms with Crippen molar-refractivity contribution in [3.8, 4) is 0 Å². The summed E-state index contributed by atoms with van der Waals surface area (Å²) in [4.78, 5) is 0. The van der Waals surface area contributed by atoms with Gasteiger partial charge < -0.3 is 26.6 Å². The summed E-state index contributed by atoms with van der Waals surface area (Å²) in [6.45, 7) is 40.5. The second-order valence-electron chi connectivity index (χ2n) is 16.2. The van der Waals surface area contributed by atoms with Gasteiger partial charge in [-0.3, -0.25) is 0 Å². The van der Waals surface area contributed by atoms with Crippen molar-refractivity contribution in [3.63, 3.8) is 0 Å². The molecule has 216 valence electrons. The van der Waals surface area contributed by atoms with Crippen LogP contribution in [-0.2, 0) is 26.6 Å². The van der Waals surface area contributed by atoms with Gasteiger partial charge in [0.15, 0.2) is 49.9 Å². The van der Waals surface area contributed by atoms with Crippen molar-refractivity contribution < 1.29 is 26.6 Å². The largest absolute Gasteiger partial charge is 0.409 e. The van der Waals surface area contributed by atoms with Gasteiger partial charge in [0.1, 0.15) is 36.6 Å². The molecular weight excluding hydrogens is 553 g/mol. The standard InChI is InChI=1S/C24H60O6Si6/c1-31(2,3)25-19-20(26-32(4,5)6)22(28-34(10,11)12)24(30-36(16,17)18)23(29-35(13,14)15)21(19)27-33(7,8)9/h19-24H,1-18H3. The number of hydrogen-bond donors (Lipinski definition) is 0. The quantitative estimate of drug-likeness (QED) is 0.215. The molecule has 0 N–H and O–H groups in total. The third-order valence-corrected chi connectivity index (χ3v) is 10.8. The van der Waals surface area contributed by atoms with Gasteiger partial charge in [-0.05, 0) is 118 Å². The van der Waals surface area contributed by atoms with E-state index in [-0.39, 0.29) is 36.6 Å². The lowest BCUT2D eigenvalue weighted by molar-refractivity contribution is -0.195. The first-order chi connectivity index (χ1) is 15.6. The van der Waals surface area contributed by atoms with E-state index in [1.54, 1.807) is 0 Å². The summed E-state index contributed by atoms with van der Waals surface area (Å²) in [7, 11) is -11.8. The van der Waals surface area contributed by atoms with Crippen LogP contribution < -0.4 is 0 Å². The van der Waals surface area contributed by atoms with E-state index in [2.05, 4.69) is 118 Å². The fourth-order valence-corrected chi connectivity index (χ4v) is 10.9. The normalized spacial score (nSPS) is 29.5. The Morgan fingerprint density at radius 1 is 0.222 bits per heavy atom. The van der Waals surface area contributed by atoms with Gasteiger partial charge in [-0.1, -0.05) is 0 Å². The average Bonchev–Trinajstić information content (AvgIpc) is 2.51. The maximum absolute atomic E-state index is 7.02. The Hall–Kier alpha value is 1.06. The minimum absolute atomic E-state index is 0.265. The van der Waals surface area contributed by atoms with E-state index in [1.165, 1.54) is 0 Å². The van der Waals surface area contributed by atoms with Gasteiger partial charge in [-0.15, -0.1) is 0 Å². The van der Waals surface area contributed by atoms with Crippen molar-refractivity contribution in [2.75, 3.05) is 0 Å². The Balaban J connectivity index is 3.94. The molecule has 0 aliphatic heterocycles. The Morgan fingerprint density at radius 2 is 0.306 bits per heavy atom. The minimum atomic E-state index is -1.97. The van der Waals surface area contributed by atoms with E-state index in [4.69, 9.17) is 26.6 Å². The number of rotatable bonds is 12. The fourth-order valence-electron chi connectivity index (χ4n) is 4.38. The highest BCUT2D eigenvalue weighted by Gasteiger charge is 2.58. The molecule has 1 aliphatic rings. The first kappa shape index (κ1) is 35.1. The Bertz CT molecular complexity index is 530. The van der Waals surface area contributed by atoms with Crippen LogP contribution in [0.2, 0.25) is 118 Å². The molecule has 0 aromatic carbocycles. The lowest BCUT2D eigenvalue weighted by atomic mass is 9.85. The van der Waals surface area contributed by atoms with Crippen LogP contribution in [0.1, 0.15) is 0 Å². The Morgan fingerprint density at radius 3 is 0.361 bits per heavy atom. The molecule has 0 atom stereocenters. The Labute approximate surface area is 230 Å². The van der Waals surface area contributed by atoms with Crippen molar-refractivity contribution >= 4 is 49.9 Å². The van der Waals surface area contributed by atoms with Gasteiger partial charge in [0.25, 0.3) is 0 Å². The summed E-state index contributed by atoms with van der Waals surface area (Å²) in [5, 5.41) is 0. The lowest BCUT2D eigenvalue weighted by Crippen LogP contribution is -2.73. The van der Waals surface area contributed by atoms with Gasteiger partial charge in [0.2, 0.25) is 0 Å². The predicted molar refractivity (Wildman–Crippen MR) is 169 cm³/mol. The maximum atomic E-state index is 7.02. The van der Waals surface area contributed by atoms with Crippen LogP contribution in [0.25, 0.3) is 0 Å². The van der Waals surface area contributed by atoms with Crippen LogP contribution in [0.4, 0.5) is 0 Å². The highest BCUT2D eigenvalue weighted by Crippen LogP contribution is 2.40. The third kappa shape index (κ3) is 13.4. The second-order valence-corrected chi connectivity index (χ2v) is 42.9. The third-order valence-electron chi connectivity index (χ3n) is 4.88. The molecular formula is C24H60O6Si6. The second kappa shape index (κ2) is 11.9. The molecule has 1 aliphatic carbocycles. The van der Waals surface area contributed by atoms with Crippen LogP contribution in [0.15, 0.2) is 0 Å². The van der Waals surface area contributed by atoms with Crippen LogP contribution in [0.5, 0.6) is 0 Å². The zero-order valence-electron chi connectivity index (χ0n) is 26.9. The van der Waals surface area contributed by atoms with Crippen molar-refractivity contribution in [2.24, 2.45) is 0 Å². The molecule has 12 heteroatoms. The Kier molecular flexibility index (Phi) is 11.6. The van der Waals surface area contributed by atoms with Crippen molar-refractivity contribution in [1.82, 2.24) is 0 Å². The first-order valence-corrected chi connectivity index (χ1v) is 34.1. The highest BCUT2D eigenvalue weighted by atomic mass is 28.4. The zero-order chi connectivity index (χ0) is 28.7. The summed E-state index contributed by atoms with van der Waals surface area (Å²) < 4.78 is 42.1. The molecule has 36 heavy (non-hydrogen) atoms. The summed E-state index contributed by atoms with van der Waals surface area (Å²) >= 11 is 0. The molecule has 0 aromatic rings. The topological polar surface area (TPSA) is 55.4 Å². The van der Waals surface area contributed by atoms with Crippen molar-refractivity contribution in [3.05, 3.63) is 0 Å². The van der Waals surface area contributed by atoms with E-state index in [1.807, 2.05) is 0 Å². The predicted octanol–water partition coefficient (Wildman–Crippen LogP) is 7.32. The summed E-state index contributed by atoms with van der Waals surface area (Å²) in [6.07, 6.45) is -1.59. The van der Waals surface area contributed by atoms with Gasteiger partial charge >= 0.3 is 0 Å². The van der Waals surface area contributed by atoms with Crippen LogP contribution in [0, 0.1) is 0 Å². The molecule has 0 aromatic heterocycles. The molecule has 0 bridgehead atoms. The molecule has 0 radical (unpaired) electrons. The fraction of sp³-hybridized carbons (Fsp3) is 1.00. The molecule has 0 amide bonds. The first-order valence-electron chi connectivity index (χ1n) is 13.6. The zero-order valence-corrected chi connectivity index (χ0v) is 32.9. The molecule has 0 saturated heterocycles. The molecule has 0 heterocycles. The summed E-state index contributed by atoms with van der Waals surface area (Å²) in [5.41, 5.74) is 0. The van der Waals surface area contributed by atoms with Crippen LogP contribution in [-0.4, -0.2) is 86.5 Å². The van der Waals surface area contributed by atoms with Gasteiger partial charge in [0, 0.05) is 0 Å². The average molecular weight is 613 g/mol. The maximum Gasteiger partial charge on any atom is 0.184 e. The number of hydrogen-bond acceptors (Lipinski definition) is 6. The summed E-state index contributed by atoms with van der Waals surface area (Å²) in [6, 6.07) is 0. The van der Waals surface area contributed by atoms with Gasteiger partial charge in [0.05, 0.1) is 0 Å². The van der Waals surface area contributed by atoms with Crippen LogP contribution >= 0.6 is 0 Å². The van der Waals surface area contributed by atoms with Crippen molar-refractivity contribution in [1.29, 1.82) is 0 Å². The molecule has 6 nitrogen and oxygen atoms in total. The molecule has 1 fully saturated rings. The smallest absolute Gasteiger partial charge is 0.184 e.